The second kappa shape index (κ2) is 5.57. The lowest BCUT2D eigenvalue weighted by Crippen LogP contribution is -2.37. The minimum Gasteiger partial charge on any atom is -0.480 e. The Morgan fingerprint density at radius 2 is 2.20 bits per heavy atom. The smallest absolute Gasteiger partial charge is 0.325 e. The molecular weight excluding hydrogens is 286 g/mol. The fraction of sp³-hybridized carbons (Fsp3) is 0.600. The van der Waals surface area contributed by atoms with E-state index in [0.717, 1.165) is 16.4 Å². The first-order valence-electron chi connectivity index (χ1n) is 5.90. The van der Waals surface area contributed by atoms with Gasteiger partial charge < -0.3 is 5.11 Å². The van der Waals surface area contributed by atoms with Crippen LogP contribution in [0.5, 0.6) is 0 Å². The van der Waals surface area contributed by atoms with Crippen LogP contribution in [0.3, 0.4) is 0 Å². The second-order valence-electron chi connectivity index (χ2n) is 4.52. The van der Waals surface area contributed by atoms with Gasteiger partial charge in [0.1, 0.15) is 11.8 Å². The van der Waals surface area contributed by atoms with Crippen molar-refractivity contribution in [3.05, 3.63) is 0 Å². The molecule has 20 heavy (non-hydrogen) atoms. The van der Waals surface area contributed by atoms with E-state index in [9.17, 15) is 14.4 Å². The number of hydrogen-bond donors (Lipinski definition) is 1. The highest BCUT2D eigenvalue weighted by atomic mass is 32.2. The Kier molecular flexibility index (Phi) is 4.02. The van der Waals surface area contributed by atoms with Crippen LogP contribution in [-0.4, -0.2) is 59.3 Å². The Bertz CT molecular complexity index is 558. The third-order valence-corrected chi connectivity index (χ3v) is 3.85. The highest BCUT2D eigenvalue weighted by molar-refractivity contribution is 8.00. The van der Waals surface area contributed by atoms with Gasteiger partial charge in [-0.05, 0) is 24.3 Å². The summed E-state index contributed by atoms with van der Waals surface area (Å²) in [5.74, 6) is -1.61. The zero-order chi connectivity index (χ0) is 14.9. The highest BCUT2D eigenvalue weighted by Gasteiger charge is 2.41. The van der Waals surface area contributed by atoms with Gasteiger partial charge >= 0.3 is 5.97 Å². The fourth-order valence-corrected chi connectivity index (χ4v) is 2.89. The molecule has 0 aliphatic carbocycles. The quantitative estimate of drug-likeness (QED) is 0.715. The first-order valence-corrected chi connectivity index (χ1v) is 6.78. The minimum atomic E-state index is -1.09. The van der Waals surface area contributed by atoms with E-state index >= 15 is 0 Å². The van der Waals surface area contributed by atoms with Gasteiger partial charge in [0.05, 0.1) is 0 Å². The number of aliphatic carboxylic acids is 1. The first-order chi connectivity index (χ1) is 9.40. The van der Waals surface area contributed by atoms with Crippen molar-refractivity contribution in [3.63, 3.8) is 0 Å². The van der Waals surface area contributed by atoms with Crippen molar-refractivity contribution in [3.8, 4) is 0 Å². The summed E-state index contributed by atoms with van der Waals surface area (Å²) in [6.45, 7) is 3.13. The summed E-state index contributed by atoms with van der Waals surface area (Å²) in [5.41, 5.74) is 0. The number of hydrogen-bond acceptors (Lipinski definition) is 7. The molecule has 1 saturated heterocycles. The molecule has 1 fully saturated rings. The van der Waals surface area contributed by atoms with Crippen molar-refractivity contribution in [1.82, 2.24) is 25.1 Å². The molecule has 0 radical (unpaired) electrons. The number of carboxylic acid groups (broad SMARTS) is 1. The molecule has 1 aromatic heterocycles. The second-order valence-corrected chi connectivity index (χ2v) is 5.69. The third kappa shape index (κ3) is 2.79. The summed E-state index contributed by atoms with van der Waals surface area (Å²) in [4.78, 5) is 35.7. The Labute approximate surface area is 118 Å². The van der Waals surface area contributed by atoms with Crippen molar-refractivity contribution in [2.75, 3.05) is 0 Å². The molecule has 0 bridgehead atoms. The Morgan fingerprint density at radius 1 is 1.50 bits per heavy atom. The van der Waals surface area contributed by atoms with Gasteiger partial charge in [-0.3, -0.25) is 19.3 Å². The number of carbonyl (C=O) groups is 3. The predicted octanol–water partition coefficient (Wildman–Crippen LogP) is -0.614. The highest BCUT2D eigenvalue weighted by Crippen LogP contribution is 2.30. The molecule has 1 unspecified atom stereocenters. The van der Waals surface area contributed by atoms with Crippen LogP contribution in [0.15, 0.2) is 5.16 Å². The lowest BCUT2D eigenvalue weighted by atomic mass is 10.3. The molecule has 0 spiro atoms. The summed E-state index contributed by atoms with van der Waals surface area (Å²) < 4.78 is 1.09. The Morgan fingerprint density at radius 3 is 2.75 bits per heavy atom. The first kappa shape index (κ1) is 14.4. The Hall–Kier alpha value is -1.97. The van der Waals surface area contributed by atoms with Crippen LogP contribution in [0.4, 0.5) is 0 Å². The number of nitrogens with zero attached hydrogens (tertiary/aromatic N) is 5. The molecule has 108 valence electrons. The average molecular weight is 299 g/mol. The Balaban J connectivity index is 2.12. The number of imide groups is 1. The van der Waals surface area contributed by atoms with Crippen molar-refractivity contribution < 1.29 is 19.5 Å². The van der Waals surface area contributed by atoms with E-state index in [4.69, 9.17) is 5.11 Å². The van der Waals surface area contributed by atoms with E-state index in [2.05, 4.69) is 15.5 Å². The van der Waals surface area contributed by atoms with Gasteiger partial charge in [0.15, 0.2) is 0 Å². The third-order valence-electron chi connectivity index (χ3n) is 2.69. The van der Waals surface area contributed by atoms with Crippen LogP contribution in [-0.2, 0) is 20.9 Å². The molecular formula is C10H13N5O4S. The minimum absolute atomic E-state index is 0.0710. The standard InChI is InChI=1S/C10H13N5O4S/c1-5(2)15-7(16)3-6(9(15)19)20-10-11-12-13-14(10)4-8(17)18/h5-6H,3-4H2,1-2H3,(H,17,18). The van der Waals surface area contributed by atoms with Crippen LogP contribution in [0.1, 0.15) is 20.3 Å². The van der Waals surface area contributed by atoms with E-state index in [-0.39, 0.29) is 29.4 Å². The molecule has 1 aliphatic heterocycles. The summed E-state index contributed by atoms with van der Waals surface area (Å²) >= 11 is 1.01. The molecule has 0 aromatic carbocycles. The van der Waals surface area contributed by atoms with Crippen LogP contribution in [0, 0.1) is 0 Å². The van der Waals surface area contributed by atoms with Gasteiger partial charge in [-0.1, -0.05) is 11.8 Å². The van der Waals surface area contributed by atoms with Gasteiger partial charge in [-0.15, -0.1) is 5.10 Å². The molecule has 0 saturated carbocycles. The summed E-state index contributed by atoms with van der Waals surface area (Å²) in [6.07, 6.45) is 0.0710. The van der Waals surface area contributed by atoms with Gasteiger partial charge in [0.25, 0.3) is 0 Å². The number of carbonyl (C=O) groups excluding carboxylic acids is 2. The van der Waals surface area contributed by atoms with Crippen LogP contribution < -0.4 is 0 Å². The van der Waals surface area contributed by atoms with Gasteiger partial charge in [-0.2, -0.15) is 0 Å². The predicted molar refractivity (Wildman–Crippen MR) is 66.7 cm³/mol. The maximum absolute atomic E-state index is 12.1. The maximum Gasteiger partial charge on any atom is 0.325 e. The van der Waals surface area contributed by atoms with Crippen LogP contribution >= 0.6 is 11.8 Å². The van der Waals surface area contributed by atoms with Crippen LogP contribution in [0.2, 0.25) is 0 Å². The van der Waals surface area contributed by atoms with E-state index in [1.54, 1.807) is 13.8 Å². The molecule has 1 atom stereocenters. The van der Waals surface area contributed by atoms with Crippen molar-refractivity contribution in [2.24, 2.45) is 0 Å². The number of likely N-dealkylation sites (tertiary alicyclic amines) is 1. The maximum atomic E-state index is 12.1. The summed E-state index contributed by atoms with van der Waals surface area (Å²) in [7, 11) is 0. The molecule has 1 aromatic rings. The average Bonchev–Trinajstić information content (AvgIpc) is 2.85. The number of aromatic nitrogens is 4. The molecule has 2 amide bonds. The number of amides is 2. The number of carboxylic acids is 1. The number of tetrazole rings is 1. The molecule has 2 rings (SSSR count). The SMILES string of the molecule is CC(C)N1C(=O)CC(Sc2nnnn2CC(=O)O)C1=O. The van der Waals surface area contributed by atoms with Crippen LogP contribution in [0.25, 0.3) is 0 Å². The van der Waals surface area contributed by atoms with Crippen molar-refractivity contribution in [1.29, 1.82) is 0 Å². The molecule has 2 heterocycles. The van der Waals surface area contributed by atoms with E-state index in [1.807, 2.05) is 0 Å². The van der Waals surface area contributed by atoms with Gasteiger partial charge in [0.2, 0.25) is 17.0 Å². The van der Waals surface area contributed by atoms with Gasteiger partial charge in [0, 0.05) is 12.5 Å². The molecule has 1 aliphatic rings. The van der Waals surface area contributed by atoms with Crippen molar-refractivity contribution >= 4 is 29.5 Å². The zero-order valence-electron chi connectivity index (χ0n) is 10.9. The zero-order valence-corrected chi connectivity index (χ0v) is 11.7. The van der Waals surface area contributed by atoms with E-state index in [0.29, 0.717) is 0 Å². The fourth-order valence-electron chi connectivity index (χ4n) is 1.89. The summed E-state index contributed by atoms with van der Waals surface area (Å²) in [5, 5.41) is 18.9. The molecule has 10 heteroatoms. The van der Waals surface area contributed by atoms with Gasteiger partial charge in [-0.25, -0.2) is 4.68 Å². The largest absolute Gasteiger partial charge is 0.480 e. The van der Waals surface area contributed by atoms with E-state index in [1.165, 1.54) is 4.90 Å². The number of rotatable bonds is 5. The normalized spacial score (nSPS) is 19.1. The van der Waals surface area contributed by atoms with E-state index < -0.39 is 17.8 Å². The lowest BCUT2D eigenvalue weighted by molar-refractivity contribution is -0.140. The molecule has 9 nitrogen and oxygen atoms in total. The lowest BCUT2D eigenvalue weighted by Gasteiger charge is -2.18. The van der Waals surface area contributed by atoms with Crippen molar-refractivity contribution in [2.45, 2.75) is 43.3 Å². The topological polar surface area (TPSA) is 118 Å². The molecule has 1 N–H and O–H groups in total. The monoisotopic (exact) mass is 299 g/mol. The number of thioether (sulfide) groups is 1. The summed E-state index contributed by atoms with van der Waals surface area (Å²) in [6, 6.07) is -0.199.